The molecule has 0 aromatic rings. The number of nitrogens with one attached hydrogen (secondary N) is 1. The highest BCUT2D eigenvalue weighted by Crippen LogP contribution is 2.30. The van der Waals surface area contributed by atoms with Crippen LogP contribution < -0.4 is 11.1 Å². The molecule has 1 aliphatic rings. The molecule has 124 valence electrons. The lowest BCUT2D eigenvalue weighted by molar-refractivity contribution is -0.149. The molecule has 0 spiro atoms. The Kier molecular flexibility index (Phi) is 6.04. The second-order valence-electron chi connectivity index (χ2n) is 6.89. The summed E-state index contributed by atoms with van der Waals surface area (Å²) in [5.74, 6) is -0.622. The number of likely N-dealkylation sites (tertiary alicyclic amines) is 1. The van der Waals surface area contributed by atoms with Crippen molar-refractivity contribution >= 4 is 5.91 Å². The molecule has 1 rings (SSSR count). The summed E-state index contributed by atoms with van der Waals surface area (Å²) in [5, 5.41) is 2.87. The fraction of sp³-hybridized carbons (Fsp3) is 0.929. The number of hydrogen-bond acceptors (Lipinski definition) is 3. The molecule has 2 unspecified atom stereocenters. The van der Waals surface area contributed by atoms with E-state index in [0.29, 0.717) is 32.6 Å². The van der Waals surface area contributed by atoms with E-state index < -0.39 is 23.9 Å². The molecule has 4 nitrogen and oxygen atoms in total. The van der Waals surface area contributed by atoms with Crippen LogP contribution in [0.3, 0.4) is 0 Å². The first-order chi connectivity index (χ1) is 9.51. The van der Waals surface area contributed by atoms with Crippen LogP contribution in [0.15, 0.2) is 0 Å². The van der Waals surface area contributed by atoms with Crippen LogP contribution in [0, 0.1) is 11.3 Å². The van der Waals surface area contributed by atoms with Gasteiger partial charge in [0.25, 0.3) is 0 Å². The standard InChI is InChI=1S/C14H26F3N3O/c1-13(2,3)12(21)19-11-6-10(7-14(15,16)17)8-20(9-11)5-4-18/h10-11H,4-9,18H2,1-3H3,(H,19,21). The Bertz CT molecular complexity index is 352. The second kappa shape index (κ2) is 6.96. The third-order valence-electron chi connectivity index (χ3n) is 3.59. The third kappa shape index (κ3) is 6.65. The number of carbonyl (C=O) groups excluding carboxylic acids is 1. The Morgan fingerprint density at radius 2 is 1.90 bits per heavy atom. The smallest absolute Gasteiger partial charge is 0.352 e. The SMILES string of the molecule is CC(C)(C)C(=O)NC1CC(CC(F)(F)F)CN(CCN)C1. The average Bonchev–Trinajstić information content (AvgIpc) is 2.25. The summed E-state index contributed by atoms with van der Waals surface area (Å²) in [6.07, 6.45) is -4.62. The van der Waals surface area contributed by atoms with Crippen molar-refractivity contribution in [3.63, 3.8) is 0 Å². The lowest BCUT2D eigenvalue weighted by Gasteiger charge is -2.39. The van der Waals surface area contributed by atoms with Gasteiger partial charge >= 0.3 is 6.18 Å². The Morgan fingerprint density at radius 1 is 1.29 bits per heavy atom. The van der Waals surface area contributed by atoms with Crippen molar-refractivity contribution in [3.05, 3.63) is 0 Å². The molecule has 21 heavy (non-hydrogen) atoms. The number of carbonyl (C=O) groups is 1. The van der Waals surface area contributed by atoms with E-state index in [1.807, 2.05) is 4.90 Å². The van der Waals surface area contributed by atoms with E-state index in [1.165, 1.54) is 0 Å². The second-order valence-corrected chi connectivity index (χ2v) is 6.89. The maximum Gasteiger partial charge on any atom is 0.389 e. The Morgan fingerprint density at radius 3 is 2.38 bits per heavy atom. The van der Waals surface area contributed by atoms with Crippen LogP contribution in [0.1, 0.15) is 33.6 Å². The molecule has 0 aliphatic carbocycles. The molecule has 2 atom stereocenters. The van der Waals surface area contributed by atoms with Crippen LogP contribution in [0.25, 0.3) is 0 Å². The van der Waals surface area contributed by atoms with Crippen molar-refractivity contribution in [2.24, 2.45) is 17.1 Å². The summed E-state index contributed by atoms with van der Waals surface area (Å²) < 4.78 is 37.8. The number of piperidine rings is 1. The Labute approximate surface area is 124 Å². The molecular formula is C14H26F3N3O. The number of nitrogens with two attached hydrogens (primary N) is 1. The van der Waals surface area contributed by atoms with Gasteiger partial charge in [0.05, 0.1) is 0 Å². The predicted octanol–water partition coefficient (Wildman–Crippen LogP) is 1.75. The summed E-state index contributed by atoms with van der Waals surface area (Å²) in [6.45, 7) is 7.27. The van der Waals surface area contributed by atoms with Gasteiger partial charge in [-0.1, -0.05) is 20.8 Å². The van der Waals surface area contributed by atoms with E-state index in [9.17, 15) is 18.0 Å². The molecular weight excluding hydrogens is 283 g/mol. The van der Waals surface area contributed by atoms with E-state index in [4.69, 9.17) is 5.73 Å². The van der Waals surface area contributed by atoms with Gasteiger partial charge < -0.3 is 11.1 Å². The minimum Gasteiger partial charge on any atom is -0.352 e. The van der Waals surface area contributed by atoms with Gasteiger partial charge in [0.2, 0.25) is 5.91 Å². The summed E-state index contributed by atoms with van der Waals surface area (Å²) in [5.41, 5.74) is 4.95. The summed E-state index contributed by atoms with van der Waals surface area (Å²) >= 11 is 0. The number of rotatable bonds is 4. The number of amides is 1. The fourth-order valence-corrected chi connectivity index (χ4v) is 2.65. The molecule has 0 saturated carbocycles. The monoisotopic (exact) mass is 309 g/mol. The van der Waals surface area contributed by atoms with Crippen molar-refractivity contribution in [1.29, 1.82) is 0 Å². The first-order valence-corrected chi connectivity index (χ1v) is 7.31. The lowest BCUT2D eigenvalue weighted by Crippen LogP contribution is -2.54. The van der Waals surface area contributed by atoms with Gasteiger partial charge in [0.15, 0.2) is 0 Å². The maximum absolute atomic E-state index is 12.6. The highest BCUT2D eigenvalue weighted by molar-refractivity contribution is 5.81. The minimum atomic E-state index is -4.17. The number of alkyl halides is 3. The normalized spacial score (nSPS) is 24.9. The molecule has 1 fully saturated rings. The zero-order valence-electron chi connectivity index (χ0n) is 13.0. The van der Waals surface area contributed by atoms with Crippen molar-refractivity contribution in [2.75, 3.05) is 26.2 Å². The molecule has 1 heterocycles. The van der Waals surface area contributed by atoms with E-state index in [2.05, 4.69) is 5.32 Å². The Hall–Kier alpha value is -0.820. The van der Waals surface area contributed by atoms with Crippen molar-refractivity contribution < 1.29 is 18.0 Å². The van der Waals surface area contributed by atoms with Crippen LogP contribution >= 0.6 is 0 Å². The largest absolute Gasteiger partial charge is 0.389 e. The van der Waals surface area contributed by atoms with E-state index in [0.717, 1.165) is 0 Å². The highest BCUT2D eigenvalue weighted by atomic mass is 19.4. The van der Waals surface area contributed by atoms with E-state index >= 15 is 0 Å². The number of nitrogens with zero attached hydrogens (tertiary/aromatic N) is 1. The molecule has 1 saturated heterocycles. The zero-order chi connectivity index (χ0) is 16.3. The van der Waals surface area contributed by atoms with Crippen LogP contribution in [0.5, 0.6) is 0 Å². The first kappa shape index (κ1) is 18.2. The molecule has 3 N–H and O–H groups in total. The highest BCUT2D eigenvalue weighted by Gasteiger charge is 2.37. The number of halogens is 3. The van der Waals surface area contributed by atoms with Crippen LogP contribution in [0.2, 0.25) is 0 Å². The third-order valence-corrected chi connectivity index (χ3v) is 3.59. The van der Waals surface area contributed by atoms with Gasteiger partial charge in [-0.15, -0.1) is 0 Å². The van der Waals surface area contributed by atoms with Crippen LogP contribution in [0.4, 0.5) is 13.2 Å². The molecule has 1 aliphatic heterocycles. The molecule has 0 aromatic heterocycles. The Balaban J connectivity index is 2.68. The molecule has 0 bridgehead atoms. The molecule has 0 aromatic carbocycles. The van der Waals surface area contributed by atoms with Crippen LogP contribution in [-0.4, -0.2) is 49.2 Å². The fourth-order valence-electron chi connectivity index (χ4n) is 2.65. The van der Waals surface area contributed by atoms with E-state index in [1.54, 1.807) is 20.8 Å². The molecule has 0 radical (unpaired) electrons. The van der Waals surface area contributed by atoms with Crippen molar-refractivity contribution in [3.8, 4) is 0 Å². The maximum atomic E-state index is 12.6. The van der Waals surface area contributed by atoms with E-state index in [-0.39, 0.29) is 11.9 Å². The summed E-state index contributed by atoms with van der Waals surface area (Å²) in [4.78, 5) is 13.9. The van der Waals surface area contributed by atoms with Gasteiger partial charge in [0.1, 0.15) is 0 Å². The van der Waals surface area contributed by atoms with Gasteiger partial charge in [-0.3, -0.25) is 9.69 Å². The summed E-state index contributed by atoms with van der Waals surface area (Å²) in [7, 11) is 0. The zero-order valence-corrected chi connectivity index (χ0v) is 13.0. The van der Waals surface area contributed by atoms with Gasteiger partial charge in [0, 0.05) is 44.1 Å². The van der Waals surface area contributed by atoms with Crippen molar-refractivity contribution in [2.45, 2.75) is 45.8 Å². The average molecular weight is 309 g/mol. The van der Waals surface area contributed by atoms with Gasteiger partial charge in [-0.05, 0) is 12.3 Å². The lowest BCUT2D eigenvalue weighted by atomic mass is 9.89. The minimum absolute atomic E-state index is 0.132. The van der Waals surface area contributed by atoms with Crippen LogP contribution in [-0.2, 0) is 4.79 Å². The first-order valence-electron chi connectivity index (χ1n) is 7.31. The predicted molar refractivity (Wildman–Crippen MR) is 75.7 cm³/mol. The quantitative estimate of drug-likeness (QED) is 0.832. The van der Waals surface area contributed by atoms with Crippen molar-refractivity contribution in [1.82, 2.24) is 10.2 Å². The molecule has 1 amide bonds. The topological polar surface area (TPSA) is 58.4 Å². The van der Waals surface area contributed by atoms with Gasteiger partial charge in [-0.25, -0.2) is 0 Å². The summed E-state index contributed by atoms with van der Waals surface area (Å²) in [6, 6.07) is -0.246. The van der Waals surface area contributed by atoms with Gasteiger partial charge in [-0.2, -0.15) is 13.2 Å². The molecule has 7 heteroatoms. The number of hydrogen-bond donors (Lipinski definition) is 2.